The minimum atomic E-state index is -0.0821. The smallest absolute Gasteiger partial charge is 0.253 e. The van der Waals surface area contributed by atoms with E-state index in [-0.39, 0.29) is 5.56 Å². The van der Waals surface area contributed by atoms with Crippen LogP contribution in [0.5, 0.6) is 5.75 Å². The number of anilines is 1. The highest BCUT2D eigenvalue weighted by Crippen LogP contribution is 2.28. The second kappa shape index (κ2) is 8.01. The number of aromatic amines is 1. The molecule has 0 fully saturated rings. The maximum Gasteiger partial charge on any atom is 0.253 e. The maximum absolute atomic E-state index is 12.5. The SMILES string of the molecule is CCOc1ccc2[nH]c(=O)c(CNc3ccccc3-c3ccccc3)cc2c1. The van der Waals surface area contributed by atoms with Crippen LogP contribution in [0.1, 0.15) is 12.5 Å². The third-order valence-corrected chi connectivity index (χ3v) is 4.68. The van der Waals surface area contributed by atoms with Crippen LogP contribution in [-0.2, 0) is 6.54 Å². The van der Waals surface area contributed by atoms with Crippen molar-refractivity contribution < 1.29 is 4.74 Å². The first kappa shape index (κ1) is 17.9. The molecular weight excluding hydrogens is 348 g/mol. The van der Waals surface area contributed by atoms with Crippen LogP contribution in [0.3, 0.4) is 0 Å². The fraction of sp³-hybridized carbons (Fsp3) is 0.125. The Labute approximate surface area is 163 Å². The Morgan fingerprint density at radius 3 is 2.54 bits per heavy atom. The average Bonchev–Trinajstić information content (AvgIpc) is 2.73. The predicted octanol–water partition coefficient (Wildman–Crippen LogP) is 5.21. The number of benzene rings is 3. The summed E-state index contributed by atoms with van der Waals surface area (Å²) in [4.78, 5) is 15.5. The molecule has 1 aromatic heterocycles. The van der Waals surface area contributed by atoms with Gasteiger partial charge in [-0.15, -0.1) is 0 Å². The van der Waals surface area contributed by atoms with Gasteiger partial charge in [0.25, 0.3) is 5.56 Å². The van der Waals surface area contributed by atoms with Gasteiger partial charge in [0, 0.05) is 34.3 Å². The summed E-state index contributed by atoms with van der Waals surface area (Å²) in [6, 6.07) is 26.0. The summed E-state index contributed by atoms with van der Waals surface area (Å²) >= 11 is 0. The molecule has 0 aliphatic carbocycles. The van der Waals surface area contributed by atoms with Gasteiger partial charge in [-0.1, -0.05) is 48.5 Å². The van der Waals surface area contributed by atoms with E-state index >= 15 is 0 Å². The van der Waals surface area contributed by atoms with Gasteiger partial charge < -0.3 is 15.0 Å². The summed E-state index contributed by atoms with van der Waals surface area (Å²) in [6.45, 7) is 3.00. The van der Waals surface area contributed by atoms with Crippen molar-refractivity contribution in [2.24, 2.45) is 0 Å². The lowest BCUT2D eigenvalue weighted by Gasteiger charge is -2.12. The standard InChI is InChI=1S/C24H22N2O2/c1-2-28-20-12-13-22-18(15-20)14-19(24(27)26-22)16-25-23-11-7-6-10-21(23)17-8-4-3-5-9-17/h3-15,25H,2,16H2,1H3,(H,26,27). The molecule has 0 radical (unpaired) electrons. The molecule has 0 saturated heterocycles. The molecule has 0 unspecified atom stereocenters. The second-order valence-corrected chi connectivity index (χ2v) is 6.57. The van der Waals surface area contributed by atoms with E-state index in [4.69, 9.17) is 4.74 Å². The molecule has 2 N–H and O–H groups in total. The first-order chi connectivity index (χ1) is 13.7. The molecule has 0 aliphatic heterocycles. The van der Waals surface area contributed by atoms with Crippen molar-refractivity contribution in [3.8, 4) is 16.9 Å². The summed E-state index contributed by atoms with van der Waals surface area (Å²) in [5, 5.41) is 4.38. The molecule has 0 atom stereocenters. The van der Waals surface area contributed by atoms with Crippen LogP contribution in [0, 0.1) is 0 Å². The normalized spacial score (nSPS) is 10.8. The van der Waals surface area contributed by atoms with E-state index in [9.17, 15) is 4.79 Å². The highest BCUT2D eigenvalue weighted by Gasteiger charge is 2.07. The molecule has 0 aliphatic rings. The number of pyridine rings is 1. The lowest BCUT2D eigenvalue weighted by molar-refractivity contribution is 0.340. The van der Waals surface area contributed by atoms with Gasteiger partial charge in [0.15, 0.2) is 0 Å². The summed E-state index contributed by atoms with van der Waals surface area (Å²) in [6.07, 6.45) is 0. The highest BCUT2D eigenvalue weighted by atomic mass is 16.5. The van der Waals surface area contributed by atoms with Gasteiger partial charge >= 0.3 is 0 Å². The quantitative estimate of drug-likeness (QED) is 0.490. The molecule has 4 aromatic rings. The zero-order chi connectivity index (χ0) is 19.3. The Morgan fingerprint density at radius 1 is 0.929 bits per heavy atom. The third kappa shape index (κ3) is 3.76. The molecule has 0 bridgehead atoms. The van der Waals surface area contributed by atoms with Crippen molar-refractivity contribution in [3.05, 3.63) is 94.8 Å². The first-order valence-corrected chi connectivity index (χ1v) is 9.41. The second-order valence-electron chi connectivity index (χ2n) is 6.57. The number of nitrogens with one attached hydrogen (secondary N) is 2. The topological polar surface area (TPSA) is 54.1 Å². The Hall–Kier alpha value is -3.53. The van der Waals surface area contributed by atoms with E-state index in [1.807, 2.05) is 67.6 Å². The van der Waals surface area contributed by atoms with Crippen molar-refractivity contribution in [2.45, 2.75) is 13.5 Å². The van der Waals surface area contributed by atoms with Crippen molar-refractivity contribution >= 4 is 16.6 Å². The number of ether oxygens (including phenoxy) is 1. The molecule has 0 amide bonds. The van der Waals surface area contributed by atoms with Crippen LogP contribution in [0.15, 0.2) is 83.7 Å². The molecule has 1 heterocycles. The van der Waals surface area contributed by atoms with E-state index in [2.05, 4.69) is 28.5 Å². The maximum atomic E-state index is 12.5. The number of H-pyrrole nitrogens is 1. The Bertz CT molecular complexity index is 1150. The Balaban J connectivity index is 1.63. The van der Waals surface area contributed by atoms with Gasteiger partial charge in [-0.05, 0) is 42.8 Å². The monoisotopic (exact) mass is 370 g/mol. The molecule has 4 heteroatoms. The van der Waals surface area contributed by atoms with Crippen LogP contribution < -0.4 is 15.6 Å². The number of aromatic nitrogens is 1. The van der Waals surface area contributed by atoms with Gasteiger partial charge in [-0.2, -0.15) is 0 Å². The predicted molar refractivity (Wildman–Crippen MR) is 115 cm³/mol. The minimum Gasteiger partial charge on any atom is -0.494 e. The number of rotatable bonds is 6. The highest BCUT2D eigenvalue weighted by molar-refractivity contribution is 5.81. The van der Waals surface area contributed by atoms with E-state index in [0.29, 0.717) is 18.7 Å². The molecule has 28 heavy (non-hydrogen) atoms. The molecule has 4 rings (SSSR count). The fourth-order valence-corrected chi connectivity index (χ4v) is 3.31. The van der Waals surface area contributed by atoms with Crippen molar-refractivity contribution in [3.63, 3.8) is 0 Å². The van der Waals surface area contributed by atoms with Crippen LogP contribution in [-0.4, -0.2) is 11.6 Å². The van der Waals surface area contributed by atoms with Crippen LogP contribution in [0.2, 0.25) is 0 Å². The number of hydrogen-bond donors (Lipinski definition) is 2. The third-order valence-electron chi connectivity index (χ3n) is 4.68. The summed E-state index contributed by atoms with van der Waals surface area (Å²) in [7, 11) is 0. The van der Waals surface area contributed by atoms with Gasteiger partial charge in [-0.25, -0.2) is 0 Å². The first-order valence-electron chi connectivity index (χ1n) is 9.41. The lowest BCUT2D eigenvalue weighted by atomic mass is 10.0. The molecule has 4 nitrogen and oxygen atoms in total. The average molecular weight is 370 g/mol. The zero-order valence-corrected chi connectivity index (χ0v) is 15.7. The molecular formula is C24H22N2O2. The lowest BCUT2D eigenvalue weighted by Crippen LogP contribution is -2.15. The number of hydrogen-bond acceptors (Lipinski definition) is 3. The van der Waals surface area contributed by atoms with E-state index in [0.717, 1.165) is 33.5 Å². The zero-order valence-electron chi connectivity index (χ0n) is 15.7. The van der Waals surface area contributed by atoms with Crippen molar-refractivity contribution in [2.75, 3.05) is 11.9 Å². The summed E-state index contributed by atoms with van der Waals surface area (Å²) in [5.41, 5.74) is 4.65. The van der Waals surface area contributed by atoms with Gasteiger partial charge in [0.2, 0.25) is 0 Å². The van der Waals surface area contributed by atoms with Crippen molar-refractivity contribution in [1.29, 1.82) is 0 Å². The summed E-state index contributed by atoms with van der Waals surface area (Å²) in [5.74, 6) is 0.801. The molecule has 0 spiro atoms. The molecule has 3 aromatic carbocycles. The van der Waals surface area contributed by atoms with Crippen LogP contribution >= 0.6 is 0 Å². The van der Waals surface area contributed by atoms with E-state index in [1.165, 1.54) is 0 Å². The largest absolute Gasteiger partial charge is 0.494 e. The molecule has 0 saturated carbocycles. The van der Waals surface area contributed by atoms with Gasteiger partial charge in [-0.3, -0.25) is 4.79 Å². The molecule has 140 valence electrons. The summed E-state index contributed by atoms with van der Waals surface area (Å²) < 4.78 is 5.57. The fourth-order valence-electron chi connectivity index (χ4n) is 3.31. The minimum absolute atomic E-state index is 0.0821. The van der Waals surface area contributed by atoms with Crippen LogP contribution in [0.25, 0.3) is 22.0 Å². The van der Waals surface area contributed by atoms with Gasteiger partial charge in [0.1, 0.15) is 5.75 Å². The number of fused-ring (bicyclic) bond motifs is 1. The number of para-hydroxylation sites is 1. The van der Waals surface area contributed by atoms with Crippen molar-refractivity contribution in [1.82, 2.24) is 4.98 Å². The van der Waals surface area contributed by atoms with E-state index < -0.39 is 0 Å². The van der Waals surface area contributed by atoms with E-state index in [1.54, 1.807) is 0 Å². The van der Waals surface area contributed by atoms with Crippen LogP contribution in [0.4, 0.5) is 5.69 Å². The Kier molecular flexibility index (Phi) is 5.11. The Morgan fingerprint density at radius 2 is 1.71 bits per heavy atom. The van der Waals surface area contributed by atoms with Gasteiger partial charge in [0.05, 0.1) is 6.61 Å².